The van der Waals surface area contributed by atoms with E-state index in [-0.39, 0.29) is 16.9 Å². The van der Waals surface area contributed by atoms with E-state index in [4.69, 9.17) is 10.5 Å². The van der Waals surface area contributed by atoms with Gasteiger partial charge in [-0.25, -0.2) is 4.79 Å². The van der Waals surface area contributed by atoms with Crippen LogP contribution in [0, 0.1) is 10.1 Å². The first kappa shape index (κ1) is 17.9. The molecule has 0 spiro atoms. The Morgan fingerprint density at radius 2 is 1.80 bits per heavy atom. The van der Waals surface area contributed by atoms with Crippen LogP contribution in [-0.4, -0.2) is 35.8 Å². The Balaban J connectivity index is 2.36. The number of nitrogens with zero attached hydrogens (tertiary/aromatic N) is 2. The maximum absolute atomic E-state index is 12.5. The number of ether oxygens (including phenoxy) is 1. The van der Waals surface area contributed by atoms with Gasteiger partial charge in [-0.2, -0.15) is 0 Å². The molecule has 25 heavy (non-hydrogen) atoms. The molecule has 2 rings (SSSR count). The fourth-order valence-corrected chi connectivity index (χ4v) is 2.13. The minimum Gasteiger partial charge on any atom is -0.444 e. The van der Waals surface area contributed by atoms with E-state index in [0.29, 0.717) is 5.56 Å². The van der Waals surface area contributed by atoms with E-state index in [9.17, 15) is 19.7 Å². The van der Waals surface area contributed by atoms with Gasteiger partial charge in [-0.15, -0.1) is 0 Å². The van der Waals surface area contributed by atoms with Crippen molar-refractivity contribution in [2.45, 2.75) is 6.10 Å². The van der Waals surface area contributed by atoms with E-state index in [1.54, 1.807) is 30.3 Å². The average molecular weight is 343 g/mol. The number of nitrogen functional groups attached to an aromatic ring is 1. The molecule has 0 saturated carbocycles. The van der Waals surface area contributed by atoms with Gasteiger partial charge >= 0.3 is 5.97 Å². The topological polar surface area (TPSA) is 116 Å². The molecule has 8 nitrogen and oxygen atoms in total. The van der Waals surface area contributed by atoms with Crippen molar-refractivity contribution in [1.82, 2.24) is 4.90 Å². The summed E-state index contributed by atoms with van der Waals surface area (Å²) in [6.07, 6.45) is -1.18. The fourth-order valence-electron chi connectivity index (χ4n) is 2.13. The van der Waals surface area contributed by atoms with Gasteiger partial charge in [0.05, 0.1) is 10.5 Å². The molecular weight excluding hydrogens is 326 g/mol. The van der Waals surface area contributed by atoms with Crippen LogP contribution in [0.3, 0.4) is 0 Å². The van der Waals surface area contributed by atoms with Gasteiger partial charge in [0, 0.05) is 37.5 Å². The van der Waals surface area contributed by atoms with Gasteiger partial charge in [-0.05, 0) is 6.07 Å². The van der Waals surface area contributed by atoms with Gasteiger partial charge in [-0.3, -0.25) is 14.9 Å². The number of rotatable bonds is 5. The van der Waals surface area contributed by atoms with Gasteiger partial charge in [0.25, 0.3) is 11.6 Å². The second kappa shape index (κ2) is 7.43. The van der Waals surface area contributed by atoms with Gasteiger partial charge in [0.15, 0.2) is 0 Å². The smallest absolute Gasteiger partial charge is 0.341 e. The van der Waals surface area contributed by atoms with E-state index in [1.165, 1.54) is 31.1 Å². The molecule has 0 aliphatic carbocycles. The third-order valence-electron chi connectivity index (χ3n) is 3.46. The summed E-state index contributed by atoms with van der Waals surface area (Å²) in [4.78, 5) is 36.4. The maximum atomic E-state index is 12.5. The van der Waals surface area contributed by atoms with Crippen molar-refractivity contribution in [3.8, 4) is 0 Å². The molecule has 0 saturated heterocycles. The second-order valence-electron chi connectivity index (χ2n) is 5.46. The first-order valence-electron chi connectivity index (χ1n) is 7.32. The quantitative estimate of drug-likeness (QED) is 0.385. The maximum Gasteiger partial charge on any atom is 0.341 e. The zero-order chi connectivity index (χ0) is 18.6. The van der Waals surface area contributed by atoms with Crippen molar-refractivity contribution < 1.29 is 19.2 Å². The molecule has 0 bridgehead atoms. The van der Waals surface area contributed by atoms with Crippen LogP contribution in [0.5, 0.6) is 0 Å². The number of anilines is 1. The minimum atomic E-state index is -1.18. The molecule has 0 fully saturated rings. The number of esters is 1. The molecule has 2 N–H and O–H groups in total. The van der Waals surface area contributed by atoms with Crippen LogP contribution < -0.4 is 5.73 Å². The second-order valence-corrected chi connectivity index (χ2v) is 5.46. The van der Waals surface area contributed by atoms with Gasteiger partial charge in [-0.1, -0.05) is 30.3 Å². The molecule has 0 aliphatic rings. The number of amides is 1. The highest BCUT2D eigenvalue weighted by molar-refractivity contribution is 5.97. The highest BCUT2D eigenvalue weighted by atomic mass is 16.6. The van der Waals surface area contributed by atoms with Gasteiger partial charge in [0.2, 0.25) is 6.10 Å². The molecule has 2 aromatic carbocycles. The van der Waals surface area contributed by atoms with Crippen molar-refractivity contribution >= 4 is 23.3 Å². The lowest BCUT2D eigenvalue weighted by molar-refractivity contribution is -0.384. The third kappa shape index (κ3) is 4.11. The summed E-state index contributed by atoms with van der Waals surface area (Å²) in [6, 6.07) is 11.9. The van der Waals surface area contributed by atoms with E-state index in [2.05, 4.69) is 0 Å². The fraction of sp³-hybridized carbons (Fsp3) is 0.176. The number of likely N-dealkylation sites (N-methyl/N-ethyl adjacent to an activating group) is 1. The SMILES string of the molecule is CN(C)C(=O)[C@H](OC(=O)c1cc([N+](=O)[O-])ccc1N)c1ccccc1. The molecule has 8 heteroatoms. The number of benzene rings is 2. The van der Waals surface area contributed by atoms with Crippen molar-refractivity contribution in [3.63, 3.8) is 0 Å². The summed E-state index contributed by atoms with van der Waals surface area (Å²) >= 11 is 0. The molecule has 130 valence electrons. The van der Waals surface area contributed by atoms with Crippen LogP contribution in [0.1, 0.15) is 22.0 Å². The summed E-state index contributed by atoms with van der Waals surface area (Å²) in [5.41, 5.74) is 5.77. The summed E-state index contributed by atoms with van der Waals surface area (Å²) in [7, 11) is 3.07. The lowest BCUT2D eigenvalue weighted by Gasteiger charge is -2.21. The molecule has 0 aromatic heterocycles. The highest BCUT2D eigenvalue weighted by Gasteiger charge is 2.28. The Labute approximate surface area is 144 Å². The van der Waals surface area contributed by atoms with E-state index >= 15 is 0 Å². The van der Waals surface area contributed by atoms with Crippen molar-refractivity contribution in [2.75, 3.05) is 19.8 Å². The summed E-state index contributed by atoms with van der Waals surface area (Å²) in [5, 5.41) is 10.9. The van der Waals surface area contributed by atoms with E-state index in [0.717, 1.165) is 6.07 Å². The predicted octanol–water partition coefficient (Wildman–Crippen LogP) is 2.16. The van der Waals surface area contributed by atoms with Gasteiger partial charge in [0.1, 0.15) is 0 Å². The number of hydrogen-bond acceptors (Lipinski definition) is 6. The highest BCUT2D eigenvalue weighted by Crippen LogP contribution is 2.25. The Morgan fingerprint density at radius 1 is 1.16 bits per heavy atom. The first-order valence-corrected chi connectivity index (χ1v) is 7.32. The van der Waals surface area contributed by atoms with Crippen LogP contribution in [0.25, 0.3) is 0 Å². The van der Waals surface area contributed by atoms with Crippen LogP contribution >= 0.6 is 0 Å². The zero-order valence-corrected chi connectivity index (χ0v) is 13.7. The Hall–Kier alpha value is -3.42. The van der Waals surface area contributed by atoms with Crippen molar-refractivity contribution in [3.05, 3.63) is 69.8 Å². The zero-order valence-electron chi connectivity index (χ0n) is 13.7. The Bertz CT molecular complexity index is 805. The molecule has 0 radical (unpaired) electrons. The number of nitrogens with two attached hydrogens (primary N) is 1. The van der Waals surface area contributed by atoms with E-state index < -0.39 is 22.9 Å². The molecular formula is C17H17N3O5. The number of carbonyl (C=O) groups is 2. The van der Waals surface area contributed by atoms with Gasteiger partial charge < -0.3 is 15.4 Å². The molecule has 1 amide bonds. The first-order chi connectivity index (χ1) is 11.8. The summed E-state index contributed by atoms with van der Waals surface area (Å²) < 4.78 is 5.33. The standard InChI is InChI=1S/C17H17N3O5/c1-19(2)16(21)15(11-6-4-3-5-7-11)25-17(22)13-10-12(20(23)24)8-9-14(13)18/h3-10,15H,18H2,1-2H3/t15-/m1/s1. The number of hydrogen-bond donors (Lipinski definition) is 1. The Morgan fingerprint density at radius 3 is 2.36 bits per heavy atom. The number of non-ortho nitro benzene ring substituents is 1. The lowest BCUT2D eigenvalue weighted by atomic mass is 10.1. The monoisotopic (exact) mass is 343 g/mol. The van der Waals surface area contributed by atoms with E-state index in [1.807, 2.05) is 0 Å². The lowest BCUT2D eigenvalue weighted by Crippen LogP contribution is -2.31. The predicted molar refractivity (Wildman–Crippen MR) is 90.8 cm³/mol. The minimum absolute atomic E-state index is 0.0275. The third-order valence-corrected chi connectivity index (χ3v) is 3.46. The summed E-state index contributed by atoms with van der Waals surface area (Å²) in [5.74, 6) is -1.35. The normalized spacial score (nSPS) is 11.4. The molecule has 1 atom stereocenters. The number of nitro benzene ring substituents is 1. The van der Waals surface area contributed by atoms with Crippen LogP contribution in [0.15, 0.2) is 48.5 Å². The molecule has 0 heterocycles. The largest absolute Gasteiger partial charge is 0.444 e. The Kier molecular flexibility index (Phi) is 5.33. The number of nitro groups is 1. The molecule has 0 unspecified atom stereocenters. The van der Waals surface area contributed by atoms with Crippen LogP contribution in [0.4, 0.5) is 11.4 Å². The van der Waals surface area contributed by atoms with Crippen LogP contribution in [-0.2, 0) is 9.53 Å². The van der Waals surface area contributed by atoms with Crippen molar-refractivity contribution in [1.29, 1.82) is 0 Å². The molecule has 0 aliphatic heterocycles. The number of carbonyl (C=O) groups excluding carboxylic acids is 2. The van der Waals surface area contributed by atoms with Crippen LogP contribution in [0.2, 0.25) is 0 Å². The average Bonchev–Trinajstić information content (AvgIpc) is 2.59. The summed E-state index contributed by atoms with van der Waals surface area (Å²) in [6.45, 7) is 0. The molecule has 2 aromatic rings. The van der Waals surface area contributed by atoms with Crippen molar-refractivity contribution in [2.24, 2.45) is 0 Å².